The van der Waals surface area contributed by atoms with Gasteiger partial charge in [-0.2, -0.15) is 0 Å². The Morgan fingerprint density at radius 1 is 1.28 bits per heavy atom. The van der Waals surface area contributed by atoms with Gasteiger partial charge in [0, 0.05) is 5.02 Å². The van der Waals surface area contributed by atoms with Gasteiger partial charge in [0.2, 0.25) is 0 Å². The Morgan fingerprint density at radius 2 is 2.00 bits per heavy atom. The molecule has 100 valence electrons. The number of sulfone groups is 1. The molecule has 0 spiro atoms. The maximum Gasteiger partial charge on any atom is 0.154 e. The molecule has 0 atom stereocenters. The fraction of sp³-hybridized carbons (Fsp3) is 0.538. The number of hydrogen-bond donors (Lipinski definition) is 1. The molecule has 1 N–H and O–H groups in total. The molecule has 0 radical (unpaired) electrons. The molecular weight excluding hydrogens is 270 g/mol. The SMILES string of the molecule is O=S(=O)(Cc1cccc(Cl)c1)CC1CCNCC1. The predicted molar refractivity (Wildman–Crippen MR) is 74.5 cm³/mol. The first-order valence-corrected chi connectivity index (χ1v) is 8.41. The Kier molecular flexibility index (Phi) is 4.65. The number of halogens is 1. The van der Waals surface area contributed by atoms with Gasteiger partial charge in [-0.15, -0.1) is 0 Å². The summed E-state index contributed by atoms with van der Waals surface area (Å²) in [6.45, 7) is 1.86. The van der Waals surface area contributed by atoms with Gasteiger partial charge >= 0.3 is 0 Å². The molecule has 1 aliphatic rings. The van der Waals surface area contributed by atoms with E-state index in [0.717, 1.165) is 31.5 Å². The number of hydrogen-bond acceptors (Lipinski definition) is 3. The van der Waals surface area contributed by atoms with Crippen molar-refractivity contribution in [3.05, 3.63) is 34.9 Å². The lowest BCUT2D eigenvalue weighted by Crippen LogP contribution is -2.31. The van der Waals surface area contributed by atoms with Gasteiger partial charge < -0.3 is 5.32 Å². The standard InChI is InChI=1S/C13H18ClNO2S/c14-13-3-1-2-12(8-13)10-18(16,17)9-11-4-6-15-7-5-11/h1-3,8,11,15H,4-7,9-10H2. The number of nitrogens with one attached hydrogen (secondary N) is 1. The van der Waals surface area contributed by atoms with Gasteiger partial charge in [0.25, 0.3) is 0 Å². The topological polar surface area (TPSA) is 46.2 Å². The lowest BCUT2D eigenvalue weighted by Gasteiger charge is -2.22. The van der Waals surface area contributed by atoms with E-state index in [2.05, 4.69) is 5.32 Å². The quantitative estimate of drug-likeness (QED) is 0.924. The van der Waals surface area contributed by atoms with Crippen LogP contribution in [0.4, 0.5) is 0 Å². The van der Waals surface area contributed by atoms with E-state index in [1.54, 1.807) is 18.2 Å². The fourth-order valence-electron chi connectivity index (χ4n) is 2.35. The van der Waals surface area contributed by atoms with Gasteiger partial charge in [-0.25, -0.2) is 8.42 Å². The lowest BCUT2D eigenvalue weighted by molar-refractivity contribution is 0.401. The van der Waals surface area contributed by atoms with Crippen molar-refractivity contribution in [2.75, 3.05) is 18.8 Å². The van der Waals surface area contributed by atoms with Crippen LogP contribution in [0.3, 0.4) is 0 Å². The number of benzene rings is 1. The van der Waals surface area contributed by atoms with Crippen molar-refractivity contribution in [3.63, 3.8) is 0 Å². The van der Waals surface area contributed by atoms with Crippen LogP contribution in [0.15, 0.2) is 24.3 Å². The molecule has 1 heterocycles. The van der Waals surface area contributed by atoms with Gasteiger partial charge in [-0.1, -0.05) is 23.7 Å². The average molecular weight is 288 g/mol. The minimum absolute atomic E-state index is 0.0947. The van der Waals surface area contributed by atoms with Crippen molar-refractivity contribution in [2.24, 2.45) is 5.92 Å². The van der Waals surface area contributed by atoms with Crippen LogP contribution < -0.4 is 5.32 Å². The summed E-state index contributed by atoms with van der Waals surface area (Å²) in [6, 6.07) is 7.08. The molecule has 1 fully saturated rings. The Hall–Kier alpha value is -0.580. The van der Waals surface area contributed by atoms with Crippen molar-refractivity contribution >= 4 is 21.4 Å². The average Bonchev–Trinajstić information content (AvgIpc) is 2.28. The summed E-state index contributed by atoms with van der Waals surface area (Å²) >= 11 is 5.86. The van der Waals surface area contributed by atoms with Crippen LogP contribution in [0.2, 0.25) is 5.02 Å². The van der Waals surface area contributed by atoms with Crippen LogP contribution in [0.25, 0.3) is 0 Å². The summed E-state index contributed by atoms with van der Waals surface area (Å²) in [6.07, 6.45) is 1.91. The van der Waals surface area contributed by atoms with Crippen molar-refractivity contribution < 1.29 is 8.42 Å². The van der Waals surface area contributed by atoms with Gasteiger partial charge in [0.1, 0.15) is 0 Å². The number of rotatable bonds is 4. The molecule has 0 saturated carbocycles. The van der Waals surface area contributed by atoms with E-state index in [-0.39, 0.29) is 5.75 Å². The largest absolute Gasteiger partial charge is 0.317 e. The van der Waals surface area contributed by atoms with Crippen molar-refractivity contribution in [2.45, 2.75) is 18.6 Å². The van der Waals surface area contributed by atoms with Crippen molar-refractivity contribution in [3.8, 4) is 0 Å². The monoisotopic (exact) mass is 287 g/mol. The molecule has 0 unspecified atom stereocenters. The maximum absolute atomic E-state index is 12.1. The summed E-state index contributed by atoms with van der Waals surface area (Å²) in [5, 5.41) is 3.83. The van der Waals surface area contributed by atoms with E-state index in [9.17, 15) is 8.42 Å². The van der Waals surface area contributed by atoms with Crippen LogP contribution in [0.1, 0.15) is 18.4 Å². The third kappa shape index (κ3) is 4.26. The molecule has 0 aromatic heterocycles. The highest BCUT2D eigenvalue weighted by molar-refractivity contribution is 7.90. The zero-order valence-electron chi connectivity index (χ0n) is 10.2. The highest BCUT2D eigenvalue weighted by atomic mass is 35.5. The van der Waals surface area contributed by atoms with Crippen LogP contribution in [0, 0.1) is 5.92 Å². The van der Waals surface area contributed by atoms with Crippen LogP contribution in [0.5, 0.6) is 0 Å². The third-order valence-electron chi connectivity index (χ3n) is 3.22. The van der Waals surface area contributed by atoms with E-state index < -0.39 is 9.84 Å². The first-order valence-electron chi connectivity index (χ1n) is 6.21. The second-order valence-corrected chi connectivity index (χ2v) is 7.42. The van der Waals surface area contributed by atoms with Crippen molar-refractivity contribution in [1.82, 2.24) is 5.32 Å². The Bertz CT molecular complexity index is 495. The summed E-state index contributed by atoms with van der Waals surface area (Å²) in [5.74, 6) is 0.689. The zero-order chi connectivity index (χ0) is 13.0. The number of piperidine rings is 1. The van der Waals surface area contributed by atoms with E-state index in [1.807, 2.05) is 6.07 Å². The van der Waals surface area contributed by atoms with Gasteiger partial charge in [-0.05, 0) is 49.5 Å². The minimum atomic E-state index is -3.04. The smallest absolute Gasteiger partial charge is 0.154 e. The van der Waals surface area contributed by atoms with Crippen LogP contribution in [-0.2, 0) is 15.6 Å². The lowest BCUT2D eigenvalue weighted by atomic mass is 10.0. The highest BCUT2D eigenvalue weighted by Gasteiger charge is 2.21. The van der Waals surface area contributed by atoms with Crippen LogP contribution >= 0.6 is 11.6 Å². The maximum atomic E-state index is 12.1. The van der Waals surface area contributed by atoms with E-state index in [1.165, 1.54) is 0 Å². The van der Waals surface area contributed by atoms with Crippen LogP contribution in [-0.4, -0.2) is 27.3 Å². The first kappa shape index (κ1) is 13.8. The molecule has 1 aromatic rings. The zero-order valence-corrected chi connectivity index (χ0v) is 11.8. The third-order valence-corrected chi connectivity index (χ3v) is 5.21. The normalized spacial score (nSPS) is 17.8. The second-order valence-electron chi connectivity index (χ2n) is 4.88. The van der Waals surface area contributed by atoms with E-state index in [4.69, 9.17) is 11.6 Å². The summed E-state index contributed by atoms with van der Waals surface area (Å²) in [4.78, 5) is 0. The minimum Gasteiger partial charge on any atom is -0.317 e. The fourth-order valence-corrected chi connectivity index (χ4v) is 4.42. The molecule has 1 aliphatic heterocycles. The molecule has 2 rings (SSSR count). The Morgan fingerprint density at radius 3 is 2.67 bits per heavy atom. The molecule has 0 amide bonds. The molecular formula is C13H18ClNO2S. The van der Waals surface area contributed by atoms with Gasteiger partial charge in [0.15, 0.2) is 9.84 Å². The van der Waals surface area contributed by atoms with Crippen molar-refractivity contribution in [1.29, 1.82) is 0 Å². The molecule has 1 saturated heterocycles. The predicted octanol–water partition coefficient (Wildman–Crippen LogP) is 2.25. The molecule has 0 bridgehead atoms. The highest BCUT2D eigenvalue weighted by Crippen LogP contribution is 2.18. The second kappa shape index (κ2) is 6.04. The van der Waals surface area contributed by atoms with E-state index >= 15 is 0 Å². The summed E-state index contributed by atoms with van der Waals surface area (Å²) in [5.41, 5.74) is 0.774. The molecule has 1 aromatic carbocycles. The first-order chi connectivity index (χ1) is 8.55. The van der Waals surface area contributed by atoms with Gasteiger partial charge in [-0.3, -0.25) is 0 Å². The molecule has 0 aliphatic carbocycles. The Labute approximate surface area is 113 Å². The molecule has 5 heteroatoms. The summed E-state index contributed by atoms with van der Waals surface area (Å²) < 4.78 is 24.2. The Balaban J connectivity index is 1.98. The van der Waals surface area contributed by atoms with Gasteiger partial charge in [0.05, 0.1) is 11.5 Å². The molecule has 3 nitrogen and oxygen atoms in total. The molecule has 18 heavy (non-hydrogen) atoms. The summed E-state index contributed by atoms with van der Waals surface area (Å²) in [7, 11) is -3.04. The van der Waals surface area contributed by atoms with E-state index in [0.29, 0.717) is 16.7 Å².